The topological polar surface area (TPSA) is 104 Å². The van der Waals surface area contributed by atoms with Crippen molar-refractivity contribution in [3.05, 3.63) is 71.7 Å². The first-order valence-corrected chi connectivity index (χ1v) is 8.67. The SMILES string of the molecule is C[C@H](Nc1nc(-c2c[nH]c3ncc(C(=O)O)cc23)ncc1F)c1ccc(F)cc1.[HH].[HH].[HH]. The van der Waals surface area contributed by atoms with Gasteiger partial charge in [0.15, 0.2) is 17.5 Å². The second-order valence-corrected chi connectivity index (χ2v) is 6.44. The maximum absolute atomic E-state index is 14.3. The van der Waals surface area contributed by atoms with Crippen LogP contribution < -0.4 is 5.32 Å². The fourth-order valence-corrected chi connectivity index (χ4v) is 2.94. The van der Waals surface area contributed by atoms with E-state index in [-0.39, 0.29) is 33.3 Å². The lowest BCUT2D eigenvalue weighted by Gasteiger charge is -2.16. The Balaban J connectivity index is 0.00000171. The Morgan fingerprint density at radius 3 is 2.69 bits per heavy atom. The van der Waals surface area contributed by atoms with Crippen molar-refractivity contribution in [1.82, 2.24) is 19.9 Å². The van der Waals surface area contributed by atoms with Crippen LogP contribution >= 0.6 is 0 Å². The number of carboxylic acids is 1. The van der Waals surface area contributed by atoms with Gasteiger partial charge >= 0.3 is 5.97 Å². The number of nitrogens with one attached hydrogen (secondary N) is 2. The Kier molecular flexibility index (Phi) is 4.63. The molecule has 0 aliphatic carbocycles. The number of anilines is 1. The molecule has 4 rings (SSSR count). The summed E-state index contributed by atoms with van der Waals surface area (Å²) >= 11 is 0. The summed E-state index contributed by atoms with van der Waals surface area (Å²) in [6.45, 7) is 1.79. The molecule has 152 valence electrons. The van der Waals surface area contributed by atoms with Gasteiger partial charge in [0.2, 0.25) is 0 Å². The number of fused-ring (bicyclic) bond motifs is 1. The summed E-state index contributed by atoms with van der Waals surface area (Å²) in [6.07, 6.45) is 3.87. The van der Waals surface area contributed by atoms with Crippen LogP contribution in [0.2, 0.25) is 0 Å². The Morgan fingerprint density at radius 2 is 1.97 bits per heavy atom. The lowest BCUT2D eigenvalue weighted by atomic mass is 10.1. The Hall–Kier alpha value is -3.88. The molecule has 3 aromatic heterocycles. The number of carboxylic acid groups (broad SMARTS) is 1. The molecular formula is C20H21F2N5O2. The quantitative estimate of drug-likeness (QED) is 0.439. The zero-order chi connectivity index (χ0) is 20.5. The molecule has 0 radical (unpaired) electrons. The standard InChI is InChI=1S/C20H15F2N5O2.3H2/c1-10(11-2-4-13(21)5-3-11)26-19-16(22)9-25-18(27-19)15-8-24-17-14(15)6-12(7-23-17)20(28)29;;;/h2-10H,1H3,(H,23,24)(H,28,29)(H,25,26,27);3*1H/t10-;;;/m0.../s1. The molecule has 0 aliphatic rings. The number of aromatic amines is 1. The molecule has 4 aromatic rings. The summed E-state index contributed by atoms with van der Waals surface area (Å²) < 4.78 is 27.4. The van der Waals surface area contributed by atoms with E-state index in [9.17, 15) is 18.7 Å². The lowest BCUT2D eigenvalue weighted by molar-refractivity contribution is 0.0696. The fraction of sp³-hybridized carbons (Fsp3) is 0.100. The van der Waals surface area contributed by atoms with Crippen LogP contribution in [0.1, 0.15) is 33.2 Å². The van der Waals surface area contributed by atoms with E-state index in [4.69, 9.17) is 0 Å². The lowest BCUT2D eigenvalue weighted by Crippen LogP contribution is -2.10. The summed E-state index contributed by atoms with van der Waals surface area (Å²) in [5.74, 6) is -1.93. The van der Waals surface area contributed by atoms with Gasteiger partial charge in [-0.1, -0.05) is 12.1 Å². The molecule has 0 aliphatic heterocycles. The van der Waals surface area contributed by atoms with Crippen LogP contribution in [0.25, 0.3) is 22.4 Å². The van der Waals surface area contributed by atoms with E-state index in [0.717, 1.165) is 11.8 Å². The van der Waals surface area contributed by atoms with Crippen LogP contribution in [0.5, 0.6) is 0 Å². The number of halogens is 2. The maximum Gasteiger partial charge on any atom is 0.337 e. The van der Waals surface area contributed by atoms with Crippen molar-refractivity contribution in [2.24, 2.45) is 0 Å². The predicted octanol–water partition coefficient (Wildman–Crippen LogP) is 4.91. The highest BCUT2D eigenvalue weighted by molar-refractivity contribution is 5.97. The second kappa shape index (κ2) is 7.27. The van der Waals surface area contributed by atoms with Gasteiger partial charge in [-0.05, 0) is 30.7 Å². The summed E-state index contributed by atoms with van der Waals surface area (Å²) in [7, 11) is 0. The summed E-state index contributed by atoms with van der Waals surface area (Å²) in [5, 5.41) is 12.6. The summed E-state index contributed by atoms with van der Waals surface area (Å²) in [6, 6.07) is 6.98. The van der Waals surface area contributed by atoms with Gasteiger partial charge in [0, 0.05) is 27.6 Å². The van der Waals surface area contributed by atoms with Crippen molar-refractivity contribution in [3.8, 4) is 11.4 Å². The van der Waals surface area contributed by atoms with Gasteiger partial charge in [-0.3, -0.25) is 0 Å². The average molecular weight is 401 g/mol. The van der Waals surface area contributed by atoms with E-state index >= 15 is 0 Å². The number of benzene rings is 1. The minimum Gasteiger partial charge on any atom is -0.478 e. The summed E-state index contributed by atoms with van der Waals surface area (Å²) in [4.78, 5) is 26.5. The van der Waals surface area contributed by atoms with Crippen LogP contribution in [0, 0.1) is 11.6 Å². The van der Waals surface area contributed by atoms with Gasteiger partial charge in [-0.2, -0.15) is 0 Å². The summed E-state index contributed by atoms with van der Waals surface area (Å²) in [5.41, 5.74) is 1.73. The maximum atomic E-state index is 14.3. The number of hydrogen-bond donors (Lipinski definition) is 3. The highest BCUT2D eigenvalue weighted by Crippen LogP contribution is 2.28. The third-order valence-electron chi connectivity index (χ3n) is 4.49. The molecule has 1 aromatic carbocycles. The molecule has 0 bridgehead atoms. The number of aromatic nitrogens is 4. The first-order valence-electron chi connectivity index (χ1n) is 8.67. The van der Waals surface area contributed by atoms with Crippen molar-refractivity contribution in [2.45, 2.75) is 13.0 Å². The monoisotopic (exact) mass is 401 g/mol. The van der Waals surface area contributed by atoms with E-state index in [0.29, 0.717) is 16.6 Å². The molecule has 0 spiro atoms. The third kappa shape index (κ3) is 3.62. The van der Waals surface area contributed by atoms with Crippen LogP contribution in [-0.4, -0.2) is 31.0 Å². The van der Waals surface area contributed by atoms with Crippen LogP contribution in [0.4, 0.5) is 14.6 Å². The Bertz CT molecular complexity index is 1220. The predicted molar refractivity (Wildman–Crippen MR) is 109 cm³/mol. The van der Waals surface area contributed by atoms with Gasteiger partial charge in [-0.25, -0.2) is 28.5 Å². The van der Waals surface area contributed by atoms with Crippen molar-refractivity contribution in [2.75, 3.05) is 5.32 Å². The molecule has 0 amide bonds. The average Bonchev–Trinajstić information content (AvgIpc) is 3.13. The molecule has 0 saturated carbocycles. The van der Waals surface area contributed by atoms with E-state index in [1.54, 1.807) is 25.3 Å². The molecule has 1 atom stereocenters. The smallest absolute Gasteiger partial charge is 0.337 e. The van der Waals surface area contributed by atoms with Gasteiger partial charge in [0.1, 0.15) is 11.5 Å². The molecule has 3 N–H and O–H groups in total. The molecule has 0 fully saturated rings. The number of nitrogens with zero attached hydrogens (tertiary/aromatic N) is 3. The number of pyridine rings is 1. The largest absolute Gasteiger partial charge is 0.478 e. The van der Waals surface area contributed by atoms with Crippen molar-refractivity contribution >= 4 is 22.8 Å². The molecule has 7 nitrogen and oxygen atoms in total. The van der Waals surface area contributed by atoms with Gasteiger partial charge in [0.25, 0.3) is 0 Å². The van der Waals surface area contributed by atoms with Crippen molar-refractivity contribution < 1.29 is 23.0 Å². The van der Waals surface area contributed by atoms with Crippen LogP contribution in [0.3, 0.4) is 0 Å². The van der Waals surface area contributed by atoms with Gasteiger partial charge < -0.3 is 15.4 Å². The molecule has 9 heteroatoms. The van der Waals surface area contributed by atoms with Crippen molar-refractivity contribution in [3.63, 3.8) is 0 Å². The zero-order valence-corrected chi connectivity index (χ0v) is 15.1. The van der Waals surface area contributed by atoms with E-state index < -0.39 is 11.8 Å². The number of carbonyl (C=O) groups is 1. The van der Waals surface area contributed by atoms with Crippen LogP contribution in [-0.2, 0) is 0 Å². The zero-order valence-electron chi connectivity index (χ0n) is 15.1. The highest BCUT2D eigenvalue weighted by Gasteiger charge is 2.16. The Morgan fingerprint density at radius 1 is 1.21 bits per heavy atom. The third-order valence-corrected chi connectivity index (χ3v) is 4.49. The fourth-order valence-electron chi connectivity index (χ4n) is 2.94. The van der Waals surface area contributed by atoms with Gasteiger partial charge in [-0.15, -0.1) is 0 Å². The first kappa shape index (κ1) is 18.5. The Labute approximate surface area is 167 Å². The minimum absolute atomic E-state index is 0. The van der Waals surface area contributed by atoms with Crippen molar-refractivity contribution in [1.29, 1.82) is 0 Å². The van der Waals surface area contributed by atoms with Gasteiger partial charge in [0.05, 0.1) is 17.8 Å². The molecule has 0 saturated heterocycles. The molecule has 3 heterocycles. The normalized spacial score (nSPS) is 12.1. The first-order chi connectivity index (χ1) is 13.9. The van der Waals surface area contributed by atoms with E-state index in [2.05, 4.69) is 25.3 Å². The number of H-pyrrole nitrogens is 1. The molecular weight excluding hydrogens is 380 g/mol. The van der Waals surface area contributed by atoms with E-state index in [1.807, 2.05) is 0 Å². The van der Waals surface area contributed by atoms with E-state index in [1.165, 1.54) is 24.4 Å². The number of rotatable bonds is 5. The number of hydrogen-bond acceptors (Lipinski definition) is 5. The molecule has 29 heavy (non-hydrogen) atoms. The highest BCUT2D eigenvalue weighted by atomic mass is 19.1. The second-order valence-electron chi connectivity index (χ2n) is 6.44. The molecule has 0 unspecified atom stereocenters. The van der Waals surface area contributed by atoms with Crippen LogP contribution in [0.15, 0.2) is 48.9 Å². The minimum atomic E-state index is -1.11. The number of aromatic carboxylic acids is 1.